The minimum Gasteiger partial charge on any atom is -0.478 e. The van der Waals surface area contributed by atoms with Crippen LogP contribution in [-0.2, 0) is 19.0 Å². The summed E-state index contributed by atoms with van der Waals surface area (Å²) in [6.07, 6.45) is 2.74. The molecule has 0 aromatic carbocycles. The molecule has 1 fully saturated rings. The lowest BCUT2D eigenvalue weighted by Gasteiger charge is -2.29. The largest absolute Gasteiger partial charge is 0.478 e. The van der Waals surface area contributed by atoms with E-state index < -0.39 is 30.3 Å². The highest BCUT2D eigenvalue weighted by molar-refractivity contribution is 5.85. The van der Waals surface area contributed by atoms with E-state index in [1.54, 1.807) is 13.0 Å². The van der Waals surface area contributed by atoms with Gasteiger partial charge in [0.1, 0.15) is 11.7 Å². The fraction of sp³-hybridized carbons (Fsp3) is 0.706. The first-order chi connectivity index (χ1) is 11.3. The molecule has 0 aliphatic carbocycles. The monoisotopic (exact) mass is 344 g/mol. The van der Waals surface area contributed by atoms with Gasteiger partial charge in [0.15, 0.2) is 12.6 Å². The van der Waals surface area contributed by atoms with Crippen LogP contribution in [0.5, 0.6) is 0 Å². The average Bonchev–Trinajstić information content (AvgIpc) is 2.78. The zero-order valence-electron chi connectivity index (χ0n) is 14.7. The Morgan fingerprint density at radius 1 is 1.21 bits per heavy atom. The maximum absolute atomic E-state index is 10.7. The molecule has 7 nitrogen and oxygen atoms in total. The fourth-order valence-corrected chi connectivity index (χ4v) is 2.65. The van der Waals surface area contributed by atoms with Crippen LogP contribution in [-0.4, -0.2) is 59.8 Å². The second kappa shape index (κ2) is 9.29. The summed E-state index contributed by atoms with van der Waals surface area (Å²) in [6.45, 7) is 3.51. The number of allylic oxidation sites excluding steroid dienone is 3. The van der Waals surface area contributed by atoms with E-state index in [0.29, 0.717) is 18.4 Å². The third-order valence-corrected chi connectivity index (χ3v) is 4.25. The molecule has 4 atom stereocenters. The Labute approximate surface area is 142 Å². The van der Waals surface area contributed by atoms with E-state index in [4.69, 9.17) is 19.3 Å². The van der Waals surface area contributed by atoms with Crippen molar-refractivity contribution in [2.45, 2.75) is 63.8 Å². The molecule has 1 heterocycles. The smallest absolute Gasteiger partial charge is 0.330 e. The standard InChI is InChI=1S/C17H28O7/c1-11(7-5-9-12(2)14(19)20)8-6-10-17(21)13(18)15(22-3)24-16(17)23-4/h8-9,13,15-16,18,21H,5-7,10H2,1-4H3,(H,19,20)/b11-8+,12-9+/t13-,15+,16-,17-/m1/s1. The van der Waals surface area contributed by atoms with E-state index in [1.807, 2.05) is 13.0 Å². The molecule has 1 saturated heterocycles. The lowest BCUT2D eigenvalue weighted by molar-refractivity contribution is -0.219. The predicted octanol–water partition coefficient (Wildman–Crippen LogP) is 1.59. The molecule has 1 aliphatic rings. The van der Waals surface area contributed by atoms with Gasteiger partial charge in [0, 0.05) is 19.8 Å². The van der Waals surface area contributed by atoms with Crippen molar-refractivity contribution < 1.29 is 34.3 Å². The van der Waals surface area contributed by atoms with Crippen molar-refractivity contribution in [1.82, 2.24) is 0 Å². The third kappa shape index (κ3) is 5.12. The highest BCUT2D eigenvalue weighted by Crippen LogP contribution is 2.35. The zero-order valence-corrected chi connectivity index (χ0v) is 14.7. The Kier molecular flexibility index (Phi) is 8.05. The number of aliphatic carboxylic acids is 1. The maximum atomic E-state index is 10.7. The van der Waals surface area contributed by atoms with Gasteiger partial charge in [-0.2, -0.15) is 0 Å². The van der Waals surface area contributed by atoms with E-state index in [1.165, 1.54) is 14.2 Å². The molecule has 0 aromatic heterocycles. The quantitative estimate of drug-likeness (QED) is 0.431. The molecule has 0 saturated carbocycles. The molecule has 0 unspecified atom stereocenters. The fourth-order valence-electron chi connectivity index (χ4n) is 2.65. The van der Waals surface area contributed by atoms with E-state index in [0.717, 1.165) is 12.0 Å². The maximum Gasteiger partial charge on any atom is 0.330 e. The van der Waals surface area contributed by atoms with Gasteiger partial charge < -0.3 is 29.5 Å². The normalized spacial score (nSPS) is 31.5. The van der Waals surface area contributed by atoms with Crippen LogP contribution in [0.3, 0.4) is 0 Å². The summed E-state index contributed by atoms with van der Waals surface area (Å²) in [5, 5.41) is 29.6. The van der Waals surface area contributed by atoms with Crippen molar-refractivity contribution >= 4 is 5.97 Å². The number of aliphatic hydroxyl groups excluding tert-OH is 1. The lowest BCUT2D eigenvalue weighted by Crippen LogP contribution is -2.49. The van der Waals surface area contributed by atoms with Crippen LogP contribution in [0.1, 0.15) is 39.5 Å². The first kappa shape index (κ1) is 20.8. The molecule has 3 N–H and O–H groups in total. The predicted molar refractivity (Wildman–Crippen MR) is 87.3 cm³/mol. The Hall–Kier alpha value is -1.25. The van der Waals surface area contributed by atoms with Crippen LogP contribution >= 0.6 is 0 Å². The number of ether oxygens (including phenoxy) is 3. The van der Waals surface area contributed by atoms with Gasteiger partial charge in [0.2, 0.25) is 0 Å². The van der Waals surface area contributed by atoms with Gasteiger partial charge in [-0.3, -0.25) is 0 Å². The van der Waals surface area contributed by atoms with Gasteiger partial charge in [-0.1, -0.05) is 17.7 Å². The highest BCUT2D eigenvalue weighted by Gasteiger charge is 2.55. The number of rotatable bonds is 9. The van der Waals surface area contributed by atoms with Crippen LogP contribution in [0.2, 0.25) is 0 Å². The Balaban J connectivity index is 2.55. The number of carbonyl (C=O) groups is 1. The average molecular weight is 344 g/mol. The number of methoxy groups -OCH3 is 2. The van der Waals surface area contributed by atoms with Crippen LogP contribution in [0.15, 0.2) is 23.3 Å². The lowest BCUT2D eigenvalue weighted by atomic mass is 9.91. The van der Waals surface area contributed by atoms with Crippen LogP contribution in [0.25, 0.3) is 0 Å². The highest BCUT2D eigenvalue weighted by atomic mass is 16.8. The second-order valence-electron chi connectivity index (χ2n) is 6.06. The molecule has 0 amide bonds. The van der Waals surface area contributed by atoms with Crippen molar-refractivity contribution in [3.8, 4) is 0 Å². The van der Waals surface area contributed by atoms with E-state index in [-0.39, 0.29) is 6.42 Å². The minimum atomic E-state index is -1.54. The topological polar surface area (TPSA) is 105 Å². The van der Waals surface area contributed by atoms with Crippen molar-refractivity contribution in [2.75, 3.05) is 14.2 Å². The summed E-state index contributed by atoms with van der Waals surface area (Å²) >= 11 is 0. The molecule has 24 heavy (non-hydrogen) atoms. The molecule has 0 bridgehead atoms. The summed E-state index contributed by atoms with van der Waals surface area (Å²) in [5.41, 5.74) is -0.123. The molecule has 1 aliphatic heterocycles. The van der Waals surface area contributed by atoms with Crippen molar-refractivity contribution in [2.24, 2.45) is 0 Å². The molecular formula is C17H28O7. The first-order valence-corrected chi connectivity index (χ1v) is 7.93. The SMILES string of the molecule is CO[C@H]1O[C@@H](OC)[C@@](O)(CC/C=C(\C)CC/C=C(\C)C(=O)O)[C@@H]1O. The second-order valence-corrected chi connectivity index (χ2v) is 6.06. The first-order valence-electron chi connectivity index (χ1n) is 7.93. The summed E-state index contributed by atoms with van der Waals surface area (Å²) in [5.74, 6) is -0.910. The number of hydrogen-bond acceptors (Lipinski definition) is 6. The Morgan fingerprint density at radius 2 is 1.88 bits per heavy atom. The zero-order chi connectivity index (χ0) is 18.3. The molecule has 0 aromatic rings. The van der Waals surface area contributed by atoms with Crippen molar-refractivity contribution in [3.63, 3.8) is 0 Å². The molecule has 7 heteroatoms. The van der Waals surface area contributed by atoms with E-state index in [9.17, 15) is 15.0 Å². The number of aliphatic hydroxyl groups is 2. The Morgan fingerprint density at radius 3 is 2.42 bits per heavy atom. The molecule has 1 rings (SSSR count). The summed E-state index contributed by atoms with van der Waals surface area (Å²) in [6, 6.07) is 0. The van der Waals surface area contributed by atoms with Gasteiger partial charge in [0.05, 0.1) is 0 Å². The van der Waals surface area contributed by atoms with Crippen LogP contribution in [0, 0.1) is 0 Å². The number of carboxylic acid groups (broad SMARTS) is 1. The van der Waals surface area contributed by atoms with Gasteiger partial charge in [0.25, 0.3) is 0 Å². The number of hydrogen-bond donors (Lipinski definition) is 3. The molecule has 0 spiro atoms. The van der Waals surface area contributed by atoms with Gasteiger partial charge in [-0.25, -0.2) is 4.79 Å². The van der Waals surface area contributed by atoms with Gasteiger partial charge >= 0.3 is 5.97 Å². The van der Waals surface area contributed by atoms with Gasteiger partial charge in [-0.15, -0.1) is 0 Å². The summed E-state index contributed by atoms with van der Waals surface area (Å²) in [4.78, 5) is 10.7. The molecule has 138 valence electrons. The van der Waals surface area contributed by atoms with E-state index >= 15 is 0 Å². The third-order valence-electron chi connectivity index (χ3n) is 4.25. The number of carboxylic acids is 1. The van der Waals surface area contributed by atoms with Crippen LogP contribution < -0.4 is 0 Å². The Bertz CT molecular complexity index is 481. The molecular weight excluding hydrogens is 316 g/mol. The summed E-state index contributed by atoms with van der Waals surface area (Å²) in [7, 11) is 2.79. The van der Waals surface area contributed by atoms with E-state index in [2.05, 4.69) is 0 Å². The van der Waals surface area contributed by atoms with Crippen molar-refractivity contribution in [1.29, 1.82) is 0 Å². The summed E-state index contributed by atoms with van der Waals surface area (Å²) < 4.78 is 15.4. The minimum absolute atomic E-state index is 0.258. The van der Waals surface area contributed by atoms with Crippen molar-refractivity contribution in [3.05, 3.63) is 23.3 Å². The van der Waals surface area contributed by atoms with Gasteiger partial charge in [-0.05, 0) is 39.5 Å². The molecule has 0 radical (unpaired) electrons. The van der Waals surface area contributed by atoms with Crippen LogP contribution in [0.4, 0.5) is 0 Å².